The maximum Gasteiger partial charge on any atom is 0.332 e. The van der Waals surface area contributed by atoms with Gasteiger partial charge in [0.05, 0.1) is 0 Å². The molecular weight excluding hydrogens is 312 g/mol. The van der Waals surface area contributed by atoms with Gasteiger partial charge in [-0.05, 0) is 20.3 Å². The minimum Gasteiger partial charge on any atom is -0.481 e. The number of Topliss-reactive ketones (excluding diaryl/α,β-unsaturated/α-hetero) is 1. The van der Waals surface area contributed by atoms with E-state index in [-0.39, 0.29) is 13.0 Å². The molecule has 1 aromatic carbocycles. The first-order chi connectivity index (χ1) is 11.2. The summed E-state index contributed by atoms with van der Waals surface area (Å²) in [5.74, 6) is -3.28. The average Bonchev–Trinajstić information content (AvgIpc) is 2.53. The zero-order chi connectivity index (χ0) is 18.3. The van der Waals surface area contributed by atoms with E-state index in [0.717, 1.165) is 5.56 Å². The summed E-state index contributed by atoms with van der Waals surface area (Å²) in [7, 11) is 0. The van der Waals surface area contributed by atoms with Crippen LogP contribution in [0.4, 0.5) is 0 Å². The van der Waals surface area contributed by atoms with Crippen LogP contribution < -0.4 is 0 Å². The van der Waals surface area contributed by atoms with Crippen LogP contribution in [0.3, 0.4) is 0 Å². The fourth-order valence-corrected chi connectivity index (χ4v) is 2.37. The molecule has 0 aliphatic heterocycles. The van der Waals surface area contributed by atoms with Crippen LogP contribution in [0.25, 0.3) is 0 Å². The second-order valence-corrected chi connectivity index (χ2v) is 5.58. The van der Waals surface area contributed by atoms with Gasteiger partial charge in [0.25, 0.3) is 0 Å². The number of ketones is 1. The Hall–Kier alpha value is -2.47. The van der Waals surface area contributed by atoms with Crippen molar-refractivity contribution in [1.29, 1.82) is 0 Å². The number of aryl methyl sites for hydroxylation is 1. The molecule has 130 valence electrons. The molecule has 1 aromatic rings. The van der Waals surface area contributed by atoms with Crippen molar-refractivity contribution in [2.45, 2.75) is 26.7 Å². The van der Waals surface area contributed by atoms with Crippen molar-refractivity contribution in [1.82, 2.24) is 0 Å². The van der Waals surface area contributed by atoms with E-state index in [1.807, 2.05) is 6.92 Å². The lowest BCUT2D eigenvalue weighted by molar-refractivity contribution is -0.151. The van der Waals surface area contributed by atoms with Gasteiger partial charge in [0.15, 0.2) is 5.78 Å². The molecule has 2 N–H and O–H groups in total. The maximum atomic E-state index is 12.5. The first-order valence-electron chi connectivity index (χ1n) is 7.58. The third-order valence-corrected chi connectivity index (χ3v) is 3.96. The Kier molecular flexibility index (Phi) is 6.85. The van der Waals surface area contributed by atoms with Crippen molar-refractivity contribution in [3.63, 3.8) is 0 Å². The van der Waals surface area contributed by atoms with Gasteiger partial charge in [0, 0.05) is 30.8 Å². The van der Waals surface area contributed by atoms with E-state index in [1.54, 1.807) is 31.2 Å². The van der Waals surface area contributed by atoms with Crippen molar-refractivity contribution < 1.29 is 29.3 Å². The molecule has 6 heteroatoms. The van der Waals surface area contributed by atoms with Gasteiger partial charge in [0.1, 0.15) is 5.41 Å². The number of carboxylic acid groups (broad SMARTS) is 2. The van der Waals surface area contributed by atoms with Crippen LogP contribution in [0.5, 0.6) is 0 Å². The number of ether oxygens (including phenoxy) is 1. The van der Waals surface area contributed by atoms with Gasteiger partial charge < -0.3 is 14.9 Å². The van der Waals surface area contributed by atoms with Crippen molar-refractivity contribution >= 4 is 17.7 Å². The SMILES string of the molecule is C=C(C(=O)O)C(CCOCC)(CC(=O)c1ccc(C)cc1)C(=O)O. The quantitative estimate of drug-likeness (QED) is 0.387. The van der Waals surface area contributed by atoms with Crippen molar-refractivity contribution in [2.24, 2.45) is 5.41 Å². The van der Waals surface area contributed by atoms with Gasteiger partial charge in [-0.3, -0.25) is 9.59 Å². The van der Waals surface area contributed by atoms with Crippen LogP contribution in [-0.4, -0.2) is 41.1 Å². The van der Waals surface area contributed by atoms with Gasteiger partial charge in [-0.1, -0.05) is 36.4 Å². The van der Waals surface area contributed by atoms with Crippen LogP contribution in [0.1, 0.15) is 35.7 Å². The molecule has 1 rings (SSSR count). The van der Waals surface area contributed by atoms with E-state index in [0.29, 0.717) is 12.2 Å². The fourth-order valence-electron chi connectivity index (χ4n) is 2.37. The molecule has 0 saturated heterocycles. The largest absolute Gasteiger partial charge is 0.481 e. The highest BCUT2D eigenvalue weighted by Crippen LogP contribution is 2.36. The highest BCUT2D eigenvalue weighted by atomic mass is 16.5. The number of benzene rings is 1. The minimum absolute atomic E-state index is 0.0241. The standard InChI is InChI=1S/C18H22O6/c1-4-24-10-9-18(17(22)23,13(3)16(20)21)11-15(19)14-7-5-12(2)6-8-14/h5-8H,3-4,9-11H2,1-2H3,(H,20,21)(H,22,23). The summed E-state index contributed by atoms with van der Waals surface area (Å²) in [4.78, 5) is 35.7. The van der Waals surface area contributed by atoms with Crippen LogP contribution in [0, 0.1) is 12.3 Å². The van der Waals surface area contributed by atoms with Crippen LogP contribution in [0.2, 0.25) is 0 Å². The van der Waals surface area contributed by atoms with Crippen molar-refractivity contribution in [3.8, 4) is 0 Å². The van der Waals surface area contributed by atoms with E-state index in [4.69, 9.17) is 4.74 Å². The molecule has 0 heterocycles. The van der Waals surface area contributed by atoms with E-state index < -0.39 is 35.1 Å². The first kappa shape index (κ1) is 19.6. The summed E-state index contributed by atoms with van der Waals surface area (Å²) < 4.78 is 5.16. The Morgan fingerprint density at radius 1 is 1.17 bits per heavy atom. The van der Waals surface area contributed by atoms with E-state index in [9.17, 15) is 24.6 Å². The predicted molar refractivity (Wildman–Crippen MR) is 88.1 cm³/mol. The second kappa shape index (κ2) is 8.40. The van der Waals surface area contributed by atoms with Crippen LogP contribution >= 0.6 is 0 Å². The molecule has 24 heavy (non-hydrogen) atoms. The zero-order valence-corrected chi connectivity index (χ0v) is 13.9. The third-order valence-electron chi connectivity index (χ3n) is 3.96. The first-order valence-corrected chi connectivity index (χ1v) is 7.58. The highest BCUT2D eigenvalue weighted by Gasteiger charge is 2.46. The number of hydrogen-bond acceptors (Lipinski definition) is 4. The molecule has 0 aliphatic rings. The number of carbonyl (C=O) groups is 3. The lowest BCUT2D eigenvalue weighted by Gasteiger charge is -2.29. The van der Waals surface area contributed by atoms with Gasteiger partial charge >= 0.3 is 11.9 Å². The molecule has 1 atom stereocenters. The smallest absolute Gasteiger partial charge is 0.332 e. The van der Waals surface area contributed by atoms with Gasteiger partial charge in [-0.15, -0.1) is 0 Å². The Balaban J connectivity index is 3.17. The summed E-state index contributed by atoms with van der Waals surface area (Å²) in [6.45, 7) is 7.39. The Labute approximate surface area is 140 Å². The summed E-state index contributed by atoms with van der Waals surface area (Å²) >= 11 is 0. The van der Waals surface area contributed by atoms with Crippen molar-refractivity contribution in [3.05, 3.63) is 47.5 Å². The highest BCUT2D eigenvalue weighted by molar-refractivity contribution is 6.03. The Bertz CT molecular complexity index is 631. The lowest BCUT2D eigenvalue weighted by atomic mass is 9.73. The predicted octanol–water partition coefficient (Wildman–Crippen LogP) is 2.71. The average molecular weight is 334 g/mol. The van der Waals surface area contributed by atoms with Crippen LogP contribution in [-0.2, 0) is 14.3 Å². The summed E-state index contributed by atoms with van der Waals surface area (Å²) in [5.41, 5.74) is -1.12. The molecule has 0 bridgehead atoms. The molecule has 1 unspecified atom stereocenters. The number of aliphatic carboxylic acids is 2. The van der Waals surface area contributed by atoms with Crippen LogP contribution in [0.15, 0.2) is 36.4 Å². The summed E-state index contributed by atoms with van der Waals surface area (Å²) in [6, 6.07) is 6.66. The van der Waals surface area contributed by atoms with Gasteiger partial charge in [0.2, 0.25) is 0 Å². The molecule has 0 amide bonds. The third kappa shape index (κ3) is 4.52. The molecule has 0 aromatic heterocycles. The normalized spacial score (nSPS) is 13.1. The number of carbonyl (C=O) groups excluding carboxylic acids is 1. The van der Waals surface area contributed by atoms with Gasteiger partial charge in [-0.2, -0.15) is 0 Å². The maximum absolute atomic E-state index is 12.5. The number of carboxylic acids is 2. The molecule has 0 radical (unpaired) electrons. The Morgan fingerprint density at radius 3 is 2.21 bits per heavy atom. The monoisotopic (exact) mass is 334 g/mol. The molecule has 6 nitrogen and oxygen atoms in total. The van der Waals surface area contributed by atoms with Gasteiger partial charge in [-0.25, -0.2) is 4.79 Å². The molecule has 0 spiro atoms. The number of hydrogen-bond donors (Lipinski definition) is 2. The molecule has 0 saturated carbocycles. The van der Waals surface area contributed by atoms with Crippen molar-refractivity contribution in [2.75, 3.05) is 13.2 Å². The minimum atomic E-state index is -1.90. The summed E-state index contributed by atoms with van der Waals surface area (Å²) in [5, 5.41) is 18.9. The Morgan fingerprint density at radius 2 is 1.75 bits per heavy atom. The number of rotatable bonds is 10. The van der Waals surface area contributed by atoms with E-state index >= 15 is 0 Å². The molecular formula is C18H22O6. The van der Waals surface area contributed by atoms with E-state index in [1.165, 1.54) is 0 Å². The summed E-state index contributed by atoms with van der Waals surface area (Å²) in [6.07, 6.45) is -0.623. The molecule has 0 aliphatic carbocycles. The molecule has 0 fully saturated rings. The zero-order valence-electron chi connectivity index (χ0n) is 13.9. The lowest BCUT2D eigenvalue weighted by Crippen LogP contribution is -2.39. The fraction of sp³-hybridized carbons (Fsp3) is 0.389. The van der Waals surface area contributed by atoms with E-state index in [2.05, 4.69) is 6.58 Å². The second-order valence-electron chi connectivity index (χ2n) is 5.58. The topological polar surface area (TPSA) is 101 Å².